The minimum Gasteiger partial charge on any atom is -0.464 e. The first kappa shape index (κ1) is 32.8. The van der Waals surface area contributed by atoms with Gasteiger partial charge in [0.15, 0.2) is 0 Å². The molecular weight excluding hydrogens is 563 g/mol. The SMILES string of the molecule is COCO[C@H]1C[C@@H](COC(=O)C(OC)(c2ccccc2)C(F)(F)F)N(C(=O)OCc2ccccc2)[C@@H](COC(C)=O)C1. The number of hydrogen-bond acceptors (Lipinski definition) is 9. The molecule has 0 aliphatic carbocycles. The second-order valence-electron chi connectivity index (χ2n) is 9.57. The summed E-state index contributed by atoms with van der Waals surface area (Å²) in [5, 5.41) is 0. The fourth-order valence-corrected chi connectivity index (χ4v) is 4.79. The number of benzene rings is 2. The number of rotatable bonds is 12. The molecule has 0 saturated carbocycles. The molecule has 42 heavy (non-hydrogen) atoms. The van der Waals surface area contributed by atoms with Gasteiger partial charge in [-0.05, 0) is 18.4 Å². The summed E-state index contributed by atoms with van der Waals surface area (Å²) in [7, 11) is 2.18. The van der Waals surface area contributed by atoms with Crippen molar-refractivity contribution in [2.75, 3.05) is 34.2 Å². The molecule has 1 aliphatic heterocycles. The highest BCUT2D eigenvalue weighted by Crippen LogP contribution is 2.43. The molecule has 1 aliphatic rings. The first-order valence-corrected chi connectivity index (χ1v) is 13.1. The number of alkyl halides is 3. The summed E-state index contributed by atoms with van der Waals surface area (Å²) in [6.45, 7) is 0.0919. The van der Waals surface area contributed by atoms with Crippen LogP contribution >= 0.6 is 0 Å². The Hall–Kier alpha value is -3.68. The summed E-state index contributed by atoms with van der Waals surface area (Å²) in [5.74, 6) is -2.31. The van der Waals surface area contributed by atoms with Crippen molar-refractivity contribution < 1.29 is 56.0 Å². The monoisotopic (exact) mass is 597 g/mol. The average molecular weight is 598 g/mol. The number of nitrogens with zero attached hydrogens (tertiary/aromatic N) is 1. The van der Waals surface area contributed by atoms with Gasteiger partial charge in [0.2, 0.25) is 0 Å². The van der Waals surface area contributed by atoms with E-state index >= 15 is 0 Å². The first-order valence-electron chi connectivity index (χ1n) is 13.1. The fraction of sp³-hybridized carbons (Fsp3) is 0.483. The van der Waals surface area contributed by atoms with E-state index < -0.39 is 60.2 Å². The highest BCUT2D eigenvalue weighted by molar-refractivity contribution is 5.82. The predicted molar refractivity (Wildman–Crippen MR) is 141 cm³/mol. The van der Waals surface area contributed by atoms with E-state index in [2.05, 4.69) is 0 Å². The zero-order valence-corrected chi connectivity index (χ0v) is 23.5. The number of carbonyl (C=O) groups is 3. The van der Waals surface area contributed by atoms with Gasteiger partial charge in [0.05, 0.1) is 18.2 Å². The third kappa shape index (κ3) is 7.99. The molecule has 1 saturated heterocycles. The van der Waals surface area contributed by atoms with Gasteiger partial charge in [0, 0.05) is 26.7 Å². The highest BCUT2D eigenvalue weighted by atomic mass is 19.4. The molecule has 230 valence electrons. The minimum atomic E-state index is -5.18. The zero-order chi connectivity index (χ0) is 30.8. The van der Waals surface area contributed by atoms with E-state index in [1.54, 1.807) is 30.3 Å². The van der Waals surface area contributed by atoms with Crippen molar-refractivity contribution in [1.29, 1.82) is 0 Å². The van der Waals surface area contributed by atoms with Gasteiger partial charge >= 0.3 is 24.2 Å². The third-order valence-corrected chi connectivity index (χ3v) is 6.75. The molecule has 1 amide bonds. The van der Waals surface area contributed by atoms with Gasteiger partial charge in [-0.3, -0.25) is 9.69 Å². The van der Waals surface area contributed by atoms with E-state index in [4.69, 9.17) is 28.4 Å². The predicted octanol–water partition coefficient (Wildman–Crippen LogP) is 4.36. The van der Waals surface area contributed by atoms with Gasteiger partial charge in [0.1, 0.15) is 26.6 Å². The van der Waals surface area contributed by atoms with Crippen molar-refractivity contribution >= 4 is 18.0 Å². The summed E-state index contributed by atoms with van der Waals surface area (Å²) in [5.41, 5.74) is -3.19. The van der Waals surface area contributed by atoms with E-state index in [1.165, 1.54) is 37.1 Å². The summed E-state index contributed by atoms with van der Waals surface area (Å²) < 4.78 is 74.6. The van der Waals surface area contributed by atoms with Crippen molar-refractivity contribution in [2.24, 2.45) is 0 Å². The van der Waals surface area contributed by atoms with Crippen molar-refractivity contribution in [3.8, 4) is 0 Å². The van der Waals surface area contributed by atoms with Crippen LogP contribution in [0, 0.1) is 0 Å². The van der Waals surface area contributed by atoms with E-state index in [0.717, 1.165) is 19.2 Å². The third-order valence-electron chi connectivity index (χ3n) is 6.75. The molecule has 1 fully saturated rings. The van der Waals surface area contributed by atoms with E-state index in [9.17, 15) is 27.6 Å². The van der Waals surface area contributed by atoms with Crippen LogP contribution in [0.3, 0.4) is 0 Å². The molecule has 10 nitrogen and oxygen atoms in total. The molecule has 0 aromatic heterocycles. The van der Waals surface area contributed by atoms with Crippen molar-refractivity contribution in [3.05, 3.63) is 71.8 Å². The Morgan fingerprint density at radius 3 is 1.95 bits per heavy atom. The van der Waals surface area contributed by atoms with E-state index in [-0.39, 0.29) is 32.8 Å². The Labute approximate surface area is 241 Å². The summed E-state index contributed by atoms with van der Waals surface area (Å²) in [4.78, 5) is 39.4. The van der Waals surface area contributed by atoms with Crippen LogP contribution in [-0.2, 0) is 50.2 Å². The van der Waals surface area contributed by atoms with Crippen LogP contribution in [0.5, 0.6) is 0 Å². The van der Waals surface area contributed by atoms with Crippen molar-refractivity contribution in [2.45, 2.75) is 56.3 Å². The quantitative estimate of drug-likeness (QED) is 0.200. The summed E-state index contributed by atoms with van der Waals surface area (Å²) in [6.07, 6.45) is -6.33. The molecule has 2 aromatic carbocycles. The smallest absolute Gasteiger partial charge is 0.432 e. The molecule has 13 heteroatoms. The maximum atomic E-state index is 14.4. The molecular formula is C29H34F3NO9. The highest BCUT2D eigenvalue weighted by Gasteiger charge is 2.64. The molecule has 0 spiro atoms. The van der Waals surface area contributed by atoms with Crippen LogP contribution < -0.4 is 0 Å². The fourth-order valence-electron chi connectivity index (χ4n) is 4.79. The van der Waals surface area contributed by atoms with Crippen LogP contribution in [0.2, 0.25) is 0 Å². The lowest BCUT2D eigenvalue weighted by atomic mass is 9.92. The zero-order valence-electron chi connectivity index (χ0n) is 23.5. The van der Waals surface area contributed by atoms with Crippen LogP contribution in [0.4, 0.5) is 18.0 Å². The Balaban J connectivity index is 1.90. The number of methoxy groups -OCH3 is 2. The van der Waals surface area contributed by atoms with Crippen LogP contribution in [-0.4, -0.2) is 81.5 Å². The van der Waals surface area contributed by atoms with Crippen molar-refractivity contribution in [3.63, 3.8) is 0 Å². The topological polar surface area (TPSA) is 110 Å². The van der Waals surface area contributed by atoms with E-state index in [0.29, 0.717) is 5.56 Å². The maximum absolute atomic E-state index is 14.4. The lowest BCUT2D eigenvalue weighted by Crippen LogP contribution is -2.58. The number of carbonyl (C=O) groups excluding carboxylic acids is 3. The molecule has 4 atom stereocenters. The van der Waals surface area contributed by atoms with Crippen LogP contribution in [0.1, 0.15) is 30.9 Å². The number of piperidine rings is 1. The van der Waals surface area contributed by atoms with Crippen LogP contribution in [0.25, 0.3) is 0 Å². The molecule has 0 N–H and O–H groups in total. The maximum Gasteiger partial charge on any atom is 0.432 e. The van der Waals surface area contributed by atoms with Crippen LogP contribution in [0.15, 0.2) is 60.7 Å². The molecule has 0 bridgehead atoms. The van der Waals surface area contributed by atoms with Gasteiger partial charge in [0.25, 0.3) is 5.60 Å². The molecule has 1 unspecified atom stereocenters. The van der Waals surface area contributed by atoms with Gasteiger partial charge in [-0.1, -0.05) is 60.7 Å². The van der Waals surface area contributed by atoms with Crippen molar-refractivity contribution in [1.82, 2.24) is 4.90 Å². The molecule has 0 radical (unpaired) electrons. The number of hydrogen-bond donors (Lipinski definition) is 0. The Kier molecular flexibility index (Phi) is 11.7. The Morgan fingerprint density at radius 2 is 1.43 bits per heavy atom. The number of amides is 1. The number of halogens is 3. The minimum absolute atomic E-state index is 0.0605. The number of likely N-dealkylation sites (tertiary alicyclic amines) is 1. The number of ether oxygens (including phenoxy) is 6. The molecule has 2 aromatic rings. The summed E-state index contributed by atoms with van der Waals surface area (Å²) >= 11 is 0. The normalized spacial score (nSPS) is 20.3. The molecule has 1 heterocycles. The van der Waals surface area contributed by atoms with Gasteiger partial charge in [-0.2, -0.15) is 13.2 Å². The lowest BCUT2D eigenvalue weighted by molar-refractivity contribution is -0.277. The first-order chi connectivity index (χ1) is 20.0. The Morgan fingerprint density at radius 1 is 0.857 bits per heavy atom. The van der Waals surface area contributed by atoms with E-state index in [1.807, 2.05) is 0 Å². The standard InChI is InChI=1S/C29H34F3NO9/c1-20(34)39-17-23-14-25(42-19-37-2)15-24(33(23)27(36)41-16-21-10-6-4-7-11-21)18-40-26(35)28(38-3,29(30,31)32)22-12-8-5-9-13-22/h4-13,23-25H,14-19H2,1-3H3/t23-,24+,25-,28?/m1/s1. The summed E-state index contributed by atoms with van der Waals surface area (Å²) in [6, 6.07) is 13.4. The second kappa shape index (κ2) is 15.0. The largest absolute Gasteiger partial charge is 0.464 e. The molecule has 3 rings (SSSR count). The lowest BCUT2D eigenvalue weighted by Gasteiger charge is -2.44. The van der Waals surface area contributed by atoms with Gasteiger partial charge < -0.3 is 28.4 Å². The van der Waals surface area contributed by atoms with Gasteiger partial charge in [-0.15, -0.1) is 0 Å². The average Bonchev–Trinajstić information content (AvgIpc) is 2.97. The Bertz CT molecular complexity index is 1170. The second-order valence-corrected chi connectivity index (χ2v) is 9.57. The van der Waals surface area contributed by atoms with Gasteiger partial charge in [-0.25, -0.2) is 9.59 Å². The number of esters is 2.